The third kappa shape index (κ3) is 2.70. The number of carboxylic acids is 1. The molecular formula is C9H6N2O4. The maximum Gasteiger partial charge on any atom is 0.335 e. The maximum absolute atomic E-state index is 10.7. The Balaban J connectivity index is 3.14. The number of hydrogen-bond acceptors (Lipinski definition) is 5. The molecule has 0 atom stereocenters. The van der Waals surface area contributed by atoms with Crippen LogP contribution in [0, 0.1) is 11.5 Å². The molecule has 0 aliphatic heterocycles. The van der Waals surface area contributed by atoms with Crippen molar-refractivity contribution >= 4 is 18.1 Å². The average Bonchev–Trinajstić information content (AvgIpc) is 2.18. The van der Waals surface area contributed by atoms with E-state index in [1.54, 1.807) is 6.19 Å². The van der Waals surface area contributed by atoms with Crippen LogP contribution in [-0.4, -0.2) is 17.5 Å². The molecule has 6 heteroatoms. The van der Waals surface area contributed by atoms with Crippen LogP contribution in [0.25, 0.3) is 0 Å². The largest absolute Gasteiger partial charge is 0.478 e. The molecule has 76 valence electrons. The second-order valence-electron chi connectivity index (χ2n) is 2.50. The molecule has 0 unspecified atom stereocenters. The molecule has 1 rings (SSSR count). The second-order valence-corrected chi connectivity index (χ2v) is 2.50. The number of ether oxygens (including phenoxy) is 1. The van der Waals surface area contributed by atoms with Gasteiger partial charge in [-0.15, -0.1) is 0 Å². The minimum atomic E-state index is -1.17. The molecule has 0 heterocycles. The van der Waals surface area contributed by atoms with Crippen molar-refractivity contribution in [1.29, 1.82) is 5.26 Å². The van der Waals surface area contributed by atoms with Gasteiger partial charge >= 0.3 is 5.97 Å². The predicted octanol–water partition coefficient (Wildman–Crippen LogP) is 0.813. The lowest BCUT2D eigenvalue weighted by molar-refractivity contribution is -0.120. The highest BCUT2D eigenvalue weighted by Crippen LogP contribution is 2.20. The normalized spacial score (nSPS) is 8.73. The molecule has 0 aliphatic rings. The first-order valence-corrected chi connectivity index (χ1v) is 3.81. The van der Waals surface area contributed by atoms with Gasteiger partial charge < -0.3 is 9.84 Å². The van der Waals surface area contributed by atoms with Gasteiger partial charge in [-0.1, -0.05) is 0 Å². The monoisotopic (exact) mass is 206 g/mol. The summed E-state index contributed by atoms with van der Waals surface area (Å²) >= 11 is 0. The lowest BCUT2D eigenvalue weighted by Gasteiger charge is -2.03. The Morgan fingerprint density at radius 2 is 2.27 bits per heavy atom. The number of nitrogens with one attached hydrogen (secondary N) is 1. The van der Waals surface area contributed by atoms with Gasteiger partial charge in [0.1, 0.15) is 5.75 Å². The zero-order valence-electron chi connectivity index (χ0n) is 7.43. The lowest BCUT2D eigenvalue weighted by atomic mass is 10.2. The third-order valence-electron chi connectivity index (χ3n) is 1.54. The first kappa shape index (κ1) is 10.5. The highest BCUT2D eigenvalue weighted by Gasteiger charge is 2.07. The summed E-state index contributed by atoms with van der Waals surface area (Å²) in [5.41, 5.74) is 0.168. The van der Waals surface area contributed by atoms with Gasteiger partial charge in [-0.3, -0.25) is 10.1 Å². The Morgan fingerprint density at radius 3 is 2.80 bits per heavy atom. The van der Waals surface area contributed by atoms with E-state index in [0.29, 0.717) is 0 Å². The van der Waals surface area contributed by atoms with Crippen LogP contribution in [0.15, 0.2) is 18.2 Å². The molecule has 0 saturated carbocycles. The molecule has 0 spiro atoms. The summed E-state index contributed by atoms with van der Waals surface area (Å²) in [4.78, 5) is 20.7. The molecule has 1 aromatic carbocycles. The number of rotatable bonds is 4. The fourth-order valence-corrected chi connectivity index (χ4v) is 0.983. The van der Waals surface area contributed by atoms with E-state index < -0.39 is 5.97 Å². The summed E-state index contributed by atoms with van der Waals surface area (Å²) in [7, 11) is 0. The van der Waals surface area contributed by atoms with Crippen molar-refractivity contribution in [3.63, 3.8) is 0 Å². The summed E-state index contributed by atoms with van der Waals surface area (Å²) in [5.74, 6) is -1.12. The van der Waals surface area contributed by atoms with Gasteiger partial charge in [0.15, 0.2) is 6.19 Å². The summed E-state index contributed by atoms with van der Waals surface area (Å²) < 4.78 is 4.49. The van der Waals surface area contributed by atoms with Crippen LogP contribution < -0.4 is 10.1 Å². The van der Waals surface area contributed by atoms with Crippen LogP contribution in [0.4, 0.5) is 5.69 Å². The molecule has 0 saturated heterocycles. The van der Waals surface area contributed by atoms with Crippen LogP contribution in [-0.2, 0) is 4.79 Å². The van der Waals surface area contributed by atoms with Crippen LogP contribution in [0.2, 0.25) is 0 Å². The molecule has 2 N–H and O–H groups in total. The van der Waals surface area contributed by atoms with Crippen LogP contribution >= 0.6 is 0 Å². The summed E-state index contributed by atoms with van der Waals surface area (Å²) in [6.07, 6.45) is 1.63. The number of nitrogens with zero attached hydrogens (tertiary/aromatic N) is 1. The van der Waals surface area contributed by atoms with Crippen molar-refractivity contribution in [1.82, 2.24) is 0 Å². The van der Waals surface area contributed by atoms with Crippen molar-refractivity contribution in [2.75, 3.05) is 5.32 Å². The Kier molecular flexibility index (Phi) is 3.24. The highest BCUT2D eigenvalue weighted by molar-refractivity contribution is 5.89. The van der Waals surface area contributed by atoms with Crippen LogP contribution in [0.3, 0.4) is 0 Å². The van der Waals surface area contributed by atoms with Gasteiger partial charge in [-0.05, 0) is 12.1 Å². The Labute approximate surface area is 84.7 Å². The number of carbonyl (C=O) groups excluding carboxylic acids is 1. The zero-order valence-corrected chi connectivity index (χ0v) is 7.43. The van der Waals surface area contributed by atoms with E-state index in [1.165, 1.54) is 18.2 Å². The number of carbonyl (C=O) groups is 2. The van der Waals surface area contributed by atoms with E-state index in [0.717, 1.165) is 0 Å². The Bertz CT molecular complexity index is 436. The molecule has 6 nitrogen and oxygen atoms in total. The quantitative estimate of drug-likeness (QED) is 0.429. The Morgan fingerprint density at radius 1 is 1.53 bits per heavy atom. The summed E-state index contributed by atoms with van der Waals surface area (Å²) in [6, 6.07) is 3.77. The molecule has 0 fully saturated rings. The minimum absolute atomic E-state index is 0.0580. The zero-order chi connectivity index (χ0) is 11.3. The van der Waals surface area contributed by atoms with E-state index in [-0.39, 0.29) is 23.5 Å². The average molecular weight is 206 g/mol. The van der Waals surface area contributed by atoms with Gasteiger partial charge in [0.05, 0.1) is 11.3 Å². The minimum Gasteiger partial charge on any atom is -0.478 e. The van der Waals surface area contributed by atoms with Gasteiger partial charge in [-0.2, -0.15) is 5.26 Å². The Hall–Kier alpha value is -2.55. The predicted molar refractivity (Wildman–Crippen MR) is 49.3 cm³/mol. The van der Waals surface area contributed by atoms with E-state index in [1.807, 2.05) is 0 Å². The SMILES string of the molecule is N#CNc1cc(OC=O)cc(C(=O)O)c1. The second kappa shape index (κ2) is 4.62. The van der Waals surface area contributed by atoms with Crippen molar-refractivity contribution < 1.29 is 19.4 Å². The van der Waals surface area contributed by atoms with E-state index in [2.05, 4.69) is 10.1 Å². The third-order valence-corrected chi connectivity index (χ3v) is 1.54. The van der Waals surface area contributed by atoms with Crippen LogP contribution in [0.1, 0.15) is 10.4 Å². The molecule has 0 bridgehead atoms. The highest BCUT2D eigenvalue weighted by atomic mass is 16.5. The van der Waals surface area contributed by atoms with Crippen molar-refractivity contribution in [3.05, 3.63) is 23.8 Å². The number of aromatic carboxylic acids is 1. The molecular weight excluding hydrogens is 200 g/mol. The number of nitriles is 1. The number of benzene rings is 1. The van der Waals surface area contributed by atoms with Gasteiger partial charge in [0, 0.05) is 6.07 Å². The lowest BCUT2D eigenvalue weighted by Crippen LogP contribution is -2.00. The van der Waals surface area contributed by atoms with E-state index in [4.69, 9.17) is 10.4 Å². The first-order valence-electron chi connectivity index (χ1n) is 3.81. The number of carboxylic acid groups (broad SMARTS) is 1. The smallest absolute Gasteiger partial charge is 0.335 e. The van der Waals surface area contributed by atoms with Gasteiger partial charge in [0.2, 0.25) is 0 Å². The van der Waals surface area contributed by atoms with Gasteiger partial charge in [-0.25, -0.2) is 4.79 Å². The summed E-state index contributed by atoms with van der Waals surface area (Å²) in [5, 5.41) is 19.3. The summed E-state index contributed by atoms with van der Waals surface area (Å²) in [6.45, 7) is 0.178. The molecule has 1 aromatic rings. The fraction of sp³-hybridized carbons (Fsp3) is 0. The van der Waals surface area contributed by atoms with Crippen LogP contribution in [0.5, 0.6) is 5.75 Å². The van der Waals surface area contributed by atoms with E-state index in [9.17, 15) is 9.59 Å². The molecule has 0 radical (unpaired) electrons. The molecule has 0 amide bonds. The van der Waals surface area contributed by atoms with Gasteiger partial charge in [0.25, 0.3) is 6.47 Å². The number of hydrogen-bond donors (Lipinski definition) is 2. The van der Waals surface area contributed by atoms with Crippen molar-refractivity contribution in [2.24, 2.45) is 0 Å². The topological polar surface area (TPSA) is 99.4 Å². The first-order chi connectivity index (χ1) is 7.17. The maximum atomic E-state index is 10.7. The van der Waals surface area contributed by atoms with Crippen molar-refractivity contribution in [3.8, 4) is 11.9 Å². The molecule has 0 aliphatic carbocycles. The molecule has 15 heavy (non-hydrogen) atoms. The number of anilines is 1. The molecule has 0 aromatic heterocycles. The fourth-order valence-electron chi connectivity index (χ4n) is 0.983. The van der Waals surface area contributed by atoms with Crippen molar-refractivity contribution in [2.45, 2.75) is 0 Å². The standard InChI is InChI=1S/C9H6N2O4/c10-4-11-7-1-6(9(13)14)2-8(3-7)15-5-12/h1-3,5,11H,(H,13,14). The van der Waals surface area contributed by atoms with E-state index >= 15 is 0 Å².